The molecule has 3 N–H and O–H groups in total. The molecule has 3 aromatic rings. The number of nitrogens with two attached hydrogens (primary N) is 1. The predicted molar refractivity (Wildman–Crippen MR) is 114 cm³/mol. The van der Waals surface area contributed by atoms with Crippen LogP contribution in [0.5, 0.6) is 0 Å². The quantitative estimate of drug-likeness (QED) is 0.537. The number of carbonyl (C=O) groups excluding carboxylic acids is 1. The molecule has 1 aliphatic rings. The number of amides is 1. The Bertz CT molecular complexity index is 1030. The van der Waals surface area contributed by atoms with Gasteiger partial charge in [0, 0.05) is 25.9 Å². The van der Waals surface area contributed by atoms with Crippen LogP contribution in [-0.4, -0.2) is 56.9 Å². The highest BCUT2D eigenvalue weighted by atomic mass is 16.5. The summed E-state index contributed by atoms with van der Waals surface area (Å²) in [5, 5.41) is 7.78. The van der Waals surface area contributed by atoms with Crippen molar-refractivity contribution in [3.05, 3.63) is 30.1 Å². The van der Waals surface area contributed by atoms with Crippen LogP contribution in [0.25, 0.3) is 11.0 Å². The van der Waals surface area contributed by atoms with Gasteiger partial charge in [-0.25, -0.2) is 9.97 Å². The fourth-order valence-corrected chi connectivity index (χ4v) is 3.52. The van der Waals surface area contributed by atoms with E-state index in [0.717, 1.165) is 11.1 Å². The number of nitrogens with zero attached hydrogens (tertiary/aromatic N) is 6. The summed E-state index contributed by atoms with van der Waals surface area (Å²) < 4.78 is 7.31. The van der Waals surface area contributed by atoms with Crippen molar-refractivity contribution < 1.29 is 9.53 Å². The second-order valence-corrected chi connectivity index (χ2v) is 7.35. The summed E-state index contributed by atoms with van der Waals surface area (Å²) in [7, 11) is 0. The molecule has 4 rings (SSSR count). The highest BCUT2D eigenvalue weighted by Gasteiger charge is 2.29. The van der Waals surface area contributed by atoms with Crippen LogP contribution in [0.15, 0.2) is 24.5 Å². The predicted octanol–water partition coefficient (Wildman–Crippen LogP) is 1.62. The smallest absolute Gasteiger partial charge is 0.228 e. The summed E-state index contributed by atoms with van der Waals surface area (Å²) in [6, 6.07) is 3.89. The summed E-state index contributed by atoms with van der Waals surface area (Å²) >= 11 is 0. The van der Waals surface area contributed by atoms with Gasteiger partial charge >= 0.3 is 0 Å². The Morgan fingerprint density at radius 2 is 2.20 bits per heavy atom. The van der Waals surface area contributed by atoms with E-state index in [1.165, 1.54) is 0 Å². The van der Waals surface area contributed by atoms with Crippen molar-refractivity contribution in [2.45, 2.75) is 26.8 Å². The van der Waals surface area contributed by atoms with E-state index in [9.17, 15) is 4.79 Å². The van der Waals surface area contributed by atoms with Crippen molar-refractivity contribution >= 4 is 34.5 Å². The standard InChI is InChI=1S/C20H26N8O2/c1-3-30-9-8-28-17-15(11-23-28)24-20(27-7-6-14(12-27)18(21)29)26-19(17)25-16-5-4-13(2)10-22-16/h4-5,10-11,14H,3,6-9,12H2,1-2H3,(H2,21,29)(H,22,24,25,26)/t14-/m1/s1. The van der Waals surface area contributed by atoms with Crippen molar-refractivity contribution in [1.82, 2.24) is 24.7 Å². The molecular formula is C20H26N8O2. The van der Waals surface area contributed by atoms with Gasteiger partial charge in [0.25, 0.3) is 0 Å². The Morgan fingerprint density at radius 3 is 2.90 bits per heavy atom. The van der Waals surface area contributed by atoms with Crippen LogP contribution in [0.2, 0.25) is 0 Å². The SMILES string of the molecule is CCOCCn1ncc2nc(N3CC[C@@H](C(N)=O)C3)nc(Nc3ccc(C)cn3)c21. The largest absolute Gasteiger partial charge is 0.380 e. The molecule has 0 spiro atoms. The molecule has 0 aliphatic carbocycles. The third kappa shape index (κ3) is 4.18. The van der Waals surface area contributed by atoms with Crippen molar-refractivity contribution in [2.24, 2.45) is 11.7 Å². The average Bonchev–Trinajstić information content (AvgIpc) is 3.38. The van der Waals surface area contributed by atoms with Crippen molar-refractivity contribution in [3.63, 3.8) is 0 Å². The first kappa shape index (κ1) is 20.0. The average molecular weight is 410 g/mol. The van der Waals surface area contributed by atoms with Gasteiger partial charge in [-0.15, -0.1) is 0 Å². The third-order valence-electron chi connectivity index (χ3n) is 5.16. The first-order valence-electron chi connectivity index (χ1n) is 10.1. The minimum absolute atomic E-state index is 0.187. The summed E-state index contributed by atoms with van der Waals surface area (Å²) in [6.07, 6.45) is 4.22. The molecule has 0 radical (unpaired) electrons. The maximum Gasteiger partial charge on any atom is 0.228 e. The van der Waals surface area contributed by atoms with E-state index in [1.54, 1.807) is 12.4 Å². The summed E-state index contributed by atoms with van der Waals surface area (Å²) in [5.41, 5.74) is 8.06. The molecule has 1 saturated heterocycles. The van der Waals surface area contributed by atoms with Gasteiger partial charge in [-0.05, 0) is 31.9 Å². The van der Waals surface area contributed by atoms with Gasteiger partial charge < -0.3 is 20.7 Å². The van der Waals surface area contributed by atoms with Crippen LogP contribution < -0.4 is 16.0 Å². The van der Waals surface area contributed by atoms with Crippen molar-refractivity contribution in [3.8, 4) is 0 Å². The second kappa shape index (κ2) is 8.62. The fraction of sp³-hybridized carbons (Fsp3) is 0.450. The second-order valence-electron chi connectivity index (χ2n) is 7.35. The van der Waals surface area contributed by atoms with E-state index in [0.29, 0.717) is 62.4 Å². The molecule has 0 bridgehead atoms. The summed E-state index contributed by atoms with van der Waals surface area (Å²) in [5.74, 6) is 1.37. The molecule has 10 nitrogen and oxygen atoms in total. The lowest BCUT2D eigenvalue weighted by Crippen LogP contribution is -2.28. The minimum atomic E-state index is -0.287. The number of fused-ring (bicyclic) bond motifs is 1. The Kier molecular flexibility index (Phi) is 5.75. The number of primary amides is 1. The van der Waals surface area contributed by atoms with Gasteiger partial charge in [0.2, 0.25) is 11.9 Å². The zero-order valence-electron chi connectivity index (χ0n) is 17.2. The van der Waals surface area contributed by atoms with E-state index in [1.807, 2.05) is 35.6 Å². The number of ether oxygens (including phenoxy) is 1. The molecule has 1 fully saturated rings. The Morgan fingerprint density at radius 1 is 1.33 bits per heavy atom. The lowest BCUT2D eigenvalue weighted by molar-refractivity contribution is -0.121. The first-order valence-corrected chi connectivity index (χ1v) is 10.1. The Balaban J connectivity index is 1.70. The Labute approximate surface area is 174 Å². The van der Waals surface area contributed by atoms with Crippen LogP contribution >= 0.6 is 0 Å². The van der Waals surface area contributed by atoms with Crippen LogP contribution in [-0.2, 0) is 16.1 Å². The molecule has 30 heavy (non-hydrogen) atoms. The van der Waals surface area contributed by atoms with Crippen LogP contribution in [0.4, 0.5) is 17.6 Å². The topological polar surface area (TPSA) is 124 Å². The lowest BCUT2D eigenvalue weighted by atomic mass is 10.1. The summed E-state index contributed by atoms with van der Waals surface area (Å²) in [6.45, 7) is 6.92. The number of nitrogens with one attached hydrogen (secondary N) is 1. The van der Waals surface area contributed by atoms with Gasteiger partial charge in [0.05, 0.1) is 25.3 Å². The van der Waals surface area contributed by atoms with Gasteiger partial charge in [0.15, 0.2) is 5.82 Å². The maximum absolute atomic E-state index is 11.6. The number of hydrogen-bond acceptors (Lipinski definition) is 8. The van der Waals surface area contributed by atoms with Crippen LogP contribution in [0.1, 0.15) is 18.9 Å². The van der Waals surface area contributed by atoms with Gasteiger partial charge in [0.1, 0.15) is 16.9 Å². The van der Waals surface area contributed by atoms with Gasteiger partial charge in [-0.1, -0.05) is 6.07 Å². The number of hydrogen-bond donors (Lipinski definition) is 2. The zero-order valence-corrected chi connectivity index (χ0v) is 17.2. The van der Waals surface area contributed by atoms with Crippen molar-refractivity contribution in [1.29, 1.82) is 0 Å². The molecule has 0 unspecified atom stereocenters. The molecule has 0 aromatic carbocycles. The first-order chi connectivity index (χ1) is 14.5. The number of carbonyl (C=O) groups is 1. The molecule has 0 saturated carbocycles. The number of aryl methyl sites for hydroxylation is 1. The summed E-state index contributed by atoms with van der Waals surface area (Å²) in [4.78, 5) is 27.4. The molecule has 3 aromatic heterocycles. The highest BCUT2D eigenvalue weighted by Crippen LogP contribution is 2.28. The number of aromatic nitrogens is 5. The molecule has 158 valence electrons. The highest BCUT2D eigenvalue weighted by molar-refractivity contribution is 5.88. The maximum atomic E-state index is 11.6. The third-order valence-corrected chi connectivity index (χ3v) is 5.16. The molecule has 1 aliphatic heterocycles. The van der Waals surface area contributed by atoms with Crippen LogP contribution in [0, 0.1) is 12.8 Å². The molecule has 1 atom stereocenters. The molecule has 10 heteroatoms. The normalized spacial score (nSPS) is 16.3. The zero-order chi connectivity index (χ0) is 21.1. The van der Waals surface area contributed by atoms with Crippen LogP contribution in [0.3, 0.4) is 0 Å². The van der Waals surface area contributed by atoms with E-state index in [4.69, 9.17) is 20.4 Å². The number of pyridine rings is 1. The monoisotopic (exact) mass is 410 g/mol. The molecule has 1 amide bonds. The van der Waals surface area contributed by atoms with E-state index in [2.05, 4.69) is 15.4 Å². The molecule has 4 heterocycles. The number of anilines is 3. The minimum Gasteiger partial charge on any atom is -0.380 e. The lowest BCUT2D eigenvalue weighted by Gasteiger charge is -2.18. The van der Waals surface area contributed by atoms with Gasteiger partial charge in [-0.2, -0.15) is 10.1 Å². The van der Waals surface area contributed by atoms with Gasteiger partial charge in [-0.3, -0.25) is 9.48 Å². The van der Waals surface area contributed by atoms with Crippen molar-refractivity contribution in [2.75, 3.05) is 36.5 Å². The molecular weight excluding hydrogens is 384 g/mol. The number of rotatable bonds is 8. The van der Waals surface area contributed by atoms with E-state index >= 15 is 0 Å². The fourth-order valence-electron chi connectivity index (χ4n) is 3.52. The van der Waals surface area contributed by atoms with E-state index < -0.39 is 0 Å². The van der Waals surface area contributed by atoms with E-state index in [-0.39, 0.29) is 11.8 Å². The Hall–Kier alpha value is -3.27.